The lowest BCUT2D eigenvalue weighted by molar-refractivity contribution is 0.196. The molecule has 5 nitrogen and oxygen atoms in total. The molecule has 0 aromatic heterocycles. The second kappa shape index (κ2) is 6.17. The maximum absolute atomic E-state index is 12.5. The molecular formula is C13H19N3O2S2. The number of nitrogens with two attached hydrogens (primary N) is 1. The van der Waals surface area contributed by atoms with Gasteiger partial charge in [0.05, 0.1) is 4.90 Å². The largest absolute Gasteiger partial charge is 0.389 e. The Morgan fingerprint density at radius 2 is 1.75 bits per heavy atom. The second-order valence-corrected chi connectivity index (χ2v) is 7.10. The molecule has 1 aromatic carbocycles. The molecule has 1 aliphatic heterocycles. The third kappa shape index (κ3) is 3.17. The first-order chi connectivity index (χ1) is 9.45. The molecule has 7 heteroatoms. The van der Waals surface area contributed by atoms with E-state index in [1.807, 2.05) is 0 Å². The second-order valence-electron chi connectivity index (χ2n) is 4.73. The van der Waals surface area contributed by atoms with Crippen molar-refractivity contribution in [3.63, 3.8) is 0 Å². The van der Waals surface area contributed by atoms with Crippen molar-refractivity contribution in [3.8, 4) is 0 Å². The number of thiocarbonyl (C=S) groups is 1. The van der Waals surface area contributed by atoms with Gasteiger partial charge in [-0.3, -0.25) is 0 Å². The van der Waals surface area contributed by atoms with E-state index in [1.165, 1.54) is 4.31 Å². The molecule has 0 amide bonds. The van der Waals surface area contributed by atoms with E-state index in [4.69, 9.17) is 18.0 Å². The predicted molar refractivity (Wildman–Crippen MR) is 83.2 cm³/mol. The maximum Gasteiger partial charge on any atom is 0.243 e. The van der Waals surface area contributed by atoms with Crippen LogP contribution in [0.15, 0.2) is 29.2 Å². The van der Waals surface area contributed by atoms with E-state index in [0.29, 0.717) is 23.5 Å². The molecule has 110 valence electrons. The lowest BCUT2D eigenvalue weighted by Crippen LogP contribution is -2.48. The fourth-order valence-electron chi connectivity index (χ4n) is 2.23. The van der Waals surface area contributed by atoms with E-state index >= 15 is 0 Å². The highest BCUT2D eigenvalue weighted by Crippen LogP contribution is 2.18. The standard InChI is InChI=1S/C13H19N3O2S2/c1-2-15-7-9-16(10-8-15)20(17,18)12-5-3-11(4-6-12)13(14)19/h3-6H,2,7-10H2,1H3,(H2,14,19). The normalized spacial score (nSPS) is 18.1. The van der Waals surface area contributed by atoms with Crippen LogP contribution in [0.25, 0.3) is 0 Å². The SMILES string of the molecule is CCN1CCN(S(=O)(=O)c2ccc(C(N)=S)cc2)CC1. The number of hydrogen-bond donors (Lipinski definition) is 1. The molecule has 1 aromatic rings. The molecule has 2 rings (SSSR count). The summed E-state index contributed by atoms with van der Waals surface area (Å²) in [7, 11) is -3.41. The summed E-state index contributed by atoms with van der Waals surface area (Å²) in [6.07, 6.45) is 0. The van der Waals surface area contributed by atoms with E-state index in [0.717, 1.165) is 19.6 Å². The molecular weight excluding hydrogens is 294 g/mol. The first kappa shape index (κ1) is 15.4. The van der Waals surface area contributed by atoms with Crippen LogP contribution in [-0.4, -0.2) is 55.3 Å². The van der Waals surface area contributed by atoms with Gasteiger partial charge in [0, 0.05) is 31.7 Å². The van der Waals surface area contributed by atoms with Crippen LogP contribution in [0, 0.1) is 0 Å². The zero-order valence-electron chi connectivity index (χ0n) is 11.4. The van der Waals surface area contributed by atoms with Gasteiger partial charge >= 0.3 is 0 Å². The Bertz CT molecular complexity index is 576. The molecule has 0 spiro atoms. The Balaban J connectivity index is 2.16. The fourth-order valence-corrected chi connectivity index (χ4v) is 3.78. The highest BCUT2D eigenvalue weighted by molar-refractivity contribution is 7.89. The minimum Gasteiger partial charge on any atom is -0.389 e. The Hall–Kier alpha value is -1.02. The zero-order valence-corrected chi connectivity index (χ0v) is 13.1. The third-order valence-corrected chi connectivity index (χ3v) is 5.70. The van der Waals surface area contributed by atoms with Gasteiger partial charge < -0.3 is 10.6 Å². The van der Waals surface area contributed by atoms with Crippen LogP contribution >= 0.6 is 12.2 Å². The summed E-state index contributed by atoms with van der Waals surface area (Å²) in [6.45, 7) is 5.66. The van der Waals surface area contributed by atoms with E-state index in [9.17, 15) is 8.42 Å². The summed E-state index contributed by atoms with van der Waals surface area (Å²) >= 11 is 4.86. The van der Waals surface area contributed by atoms with E-state index in [1.54, 1.807) is 24.3 Å². The van der Waals surface area contributed by atoms with Gasteiger partial charge in [0.25, 0.3) is 0 Å². The van der Waals surface area contributed by atoms with Crippen LogP contribution in [0.5, 0.6) is 0 Å². The Labute approximate surface area is 125 Å². The van der Waals surface area contributed by atoms with Crippen LogP contribution in [-0.2, 0) is 10.0 Å². The number of sulfonamides is 1. The smallest absolute Gasteiger partial charge is 0.243 e. The molecule has 20 heavy (non-hydrogen) atoms. The highest BCUT2D eigenvalue weighted by atomic mass is 32.2. The van der Waals surface area contributed by atoms with E-state index in [-0.39, 0.29) is 4.99 Å². The molecule has 0 radical (unpaired) electrons. The molecule has 2 N–H and O–H groups in total. The molecule has 1 saturated heterocycles. The molecule has 0 bridgehead atoms. The first-order valence-corrected chi connectivity index (χ1v) is 8.42. The Kier molecular flexibility index (Phi) is 4.74. The summed E-state index contributed by atoms with van der Waals surface area (Å²) in [5.41, 5.74) is 6.19. The number of likely N-dealkylation sites (N-methyl/N-ethyl adjacent to an activating group) is 1. The Morgan fingerprint density at radius 3 is 2.20 bits per heavy atom. The van der Waals surface area contributed by atoms with E-state index in [2.05, 4.69) is 11.8 Å². The van der Waals surface area contributed by atoms with Crippen LogP contribution in [0.2, 0.25) is 0 Å². The van der Waals surface area contributed by atoms with Crippen LogP contribution in [0.4, 0.5) is 0 Å². The minimum absolute atomic E-state index is 0.269. The Morgan fingerprint density at radius 1 is 1.20 bits per heavy atom. The maximum atomic E-state index is 12.5. The van der Waals surface area contributed by atoms with Crippen molar-refractivity contribution in [2.24, 2.45) is 5.73 Å². The van der Waals surface area contributed by atoms with Gasteiger partial charge in [-0.05, 0) is 18.7 Å². The zero-order chi connectivity index (χ0) is 14.8. The monoisotopic (exact) mass is 313 g/mol. The average Bonchev–Trinajstić information content (AvgIpc) is 2.47. The number of rotatable bonds is 4. The van der Waals surface area contributed by atoms with Gasteiger partial charge in [-0.15, -0.1) is 0 Å². The van der Waals surface area contributed by atoms with Crippen molar-refractivity contribution in [1.29, 1.82) is 0 Å². The first-order valence-electron chi connectivity index (χ1n) is 6.57. The van der Waals surface area contributed by atoms with Crippen LogP contribution in [0.1, 0.15) is 12.5 Å². The predicted octanol–water partition coefficient (Wildman–Crippen LogP) is 0.647. The molecule has 1 fully saturated rings. The van der Waals surface area contributed by atoms with Gasteiger partial charge in [-0.2, -0.15) is 4.31 Å². The number of benzene rings is 1. The average molecular weight is 313 g/mol. The fraction of sp³-hybridized carbons (Fsp3) is 0.462. The number of piperazine rings is 1. The summed E-state index contributed by atoms with van der Waals surface area (Å²) in [5, 5.41) is 0. The summed E-state index contributed by atoms with van der Waals surface area (Å²) in [6, 6.07) is 6.43. The van der Waals surface area contributed by atoms with Crippen molar-refractivity contribution in [2.45, 2.75) is 11.8 Å². The van der Waals surface area contributed by atoms with Gasteiger partial charge in [0.15, 0.2) is 0 Å². The van der Waals surface area contributed by atoms with E-state index < -0.39 is 10.0 Å². The molecule has 0 atom stereocenters. The summed E-state index contributed by atoms with van der Waals surface area (Å²) in [5.74, 6) is 0. The summed E-state index contributed by atoms with van der Waals surface area (Å²) < 4.78 is 26.6. The highest BCUT2D eigenvalue weighted by Gasteiger charge is 2.27. The van der Waals surface area contributed by atoms with Gasteiger partial charge in [0.1, 0.15) is 4.99 Å². The molecule has 1 heterocycles. The minimum atomic E-state index is -3.41. The molecule has 0 saturated carbocycles. The molecule has 1 aliphatic rings. The van der Waals surface area contributed by atoms with Crippen LogP contribution in [0.3, 0.4) is 0 Å². The lowest BCUT2D eigenvalue weighted by Gasteiger charge is -2.33. The van der Waals surface area contributed by atoms with Crippen molar-refractivity contribution in [3.05, 3.63) is 29.8 Å². The topological polar surface area (TPSA) is 66.6 Å². The van der Waals surface area contributed by atoms with Crippen molar-refractivity contribution in [2.75, 3.05) is 32.7 Å². The van der Waals surface area contributed by atoms with Crippen molar-refractivity contribution < 1.29 is 8.42 Å². The lowest BCUT2D eigenvalue weighted by atomic mass is 10.2. The van der Waals surface area contributed by atoms with Crippen LogP contribution < -0.4 is 5.73 Å². The third-order valence-electron chi connectivity index (χ3n) is 3.56. The van der Waals surface area contributed by atoms with Gasteiger partial charge in [-0.25, -0.2) is 8.42 Å². The molecule has 0 unspecified atom stereocenters. The quantitative estimate of drug-likeness (QED) is 0.827. The number of hydrogen-bond acceptors (Lipinski definition) is 4. The molecule has 0 aliphatic carbocycles. The number of nitrogens with zero attached hydrogens (tertiary/aromatic N) is 2. The van der Waals surface area contributed by atoms with Crippen molar-refractivity contribution >= 4 is 27.2 Å². The van der Waals surface area contributed by atoms with Gasteiger partial charge in [-0.1, -0.05) is 31.3 Å². The van der Waals surface area contributed by atoms with Crippen molar-refractivity contribution in [1.82, 2.24) is 9.21 Å². The van der Waals surface area contributed by atoms with Gasteiger partial charge in [0.2, 0.25) is 10.0 Å². The summed E-state index contributed by atoms with van der Waals surface area (Å²) in [4.78, 5) is 2.80.